The third kappa shape index (κ3) is 5.23. The van der Waals surface area contributed by atoms with Crippen LogP contribution in [0.25, 0.3) is 10.8 Å². The summed E-state index contributed by atoms with van der Waals surface area (Å²) < 4.78 is 52.0. The summed E-state index contributed by atoms with van der Waals surface area (Å²) in [5.74, 6) is -1.60. The van der Waals surface area contributed by atoms with E-state index in [4.69, 9.17) is 5.41 Å². The minimum atomic E-state index is -4.57. The lowest BCUT2D eigenvalue weighted by molar-refractivity contribution is -0.138. The second-order valence-electron chi connectivity index (χ2n) is 6.88. The van der Waals surface area contributed by atoms with Crippen LogP contribution in [-0.2, 0) is 11.3 Å². The molecule has 0 saturated carbocycles. The van der Waals surface area contributed by atoms with E-state index in [1.54, 1.807) is 30.6 Å². The van der Waals surface area contributed by atoms with Crippen LogP contribution in [0, 0.1) is 11.2 Å². The standard InChI is InChI=1S/C21H19F4N5O2/c1-27-16-3-2-15(7-13(16)9-26)29-17-8-14(22)6-12-4-5-30(20(32)19(12)17)10-18(31)28-11-21(23,24)25/h2-9,26-27,29H,10-11H2,1H3,(H,28,31). The molecule has 1 aromatic heterocycles. The molecule has 0 bridgehead atoms. The number of pyridine rings is 1. The first-order valence-electron chi connectivity index (χ1n) is 9.36. The van der Waals surface area contributed by atoms with E-state index in [2.05, 4.69) is 10.6 Å². The summed E-state index contributed by atoms with van der Waals surface area (Å²) in [5.41, 5.74) is 1.17. The Kier molecular flexibility index (Phi) is 6.47. The second kappa shape index (κ2) is 9.08. The van der Waals surface area contributed by atoms with Crippen molar-refractivity contribution in [1.29, 1.82) is 5.41 Å². The number of rotatable bonds is 7. The Balaban J connectivity index is 1.98. The maximum absolute atomic E-state index is 14.2. The zero-order valence-corrected chi connectivity index (χ0v) is 16.8. The lowest BCUT2D eigenvalue weighted by Crippen LogP contribution is -2.37. The molecule has 0 aliphatic heterocycles. The predicted molar refractivity (Wildman–Crippen MR) is 114 cm³/mol. The Morgan fingerprint density at radius 3 is 2.56 bits per heavy atom. The van der Waals surface area contributed by atoms with Gasteiger partial charge in [0.25, 0.3) is 5.56 Å². The van der Waals surface area contributed by atoms with E-state index in [-0.39, 0.29) is 16.5 Å². The number of nitrogens with zero attached hydrogens (tertiary/aromatic N) is 1. The molecule has 0 saturated heterocycles. The van der Waals surface area contributed by atoms with Gasteiger partial charge in [-0.2, -0.15) is 13.2 Å². The van der Waals surface area contributed by atoms with Crippen molar-refractivity contribution in [2.24, 2.45) is 0 Å². The van der Waals surface area contributed by atoms with Gasteiger partial charge in [0.1, 0.15) is 18.9 Å². The Morgan fingerprint density at radius 2 is 1.91 bits per heavy atom. The first kappa shape index (κ1) is 22.8. The van der Waals surface area contributed by atoms with Gasteiger partial charge in [-0.1, -0.05) is 0 Å². The molecule has 32 heavy (non-hydrogen) atoms. The number of carbonyl (C=O) groups excluding carboxylic acids is 1. The summed E-state index contributed by atoms with van der Waals surface area (Å²) in [6, 6.07) is 8.64. The summed E-state index contributed by atoms with van der Waals surface area (Å²) in [6.45, 7) is -2.14. The highest BCUT2D eigenvalue weighted by Gasteiger charge is 2.27. The molecule has 0 aliphatic rings. The highest BCUT2D eigenvalue weighted by atomic mass is 19.4. The van der Waals surface area contributed by atoms with Crippen LogP contribution in [0.4, 0.5) is 34.6 Å². The van der Waals surface area contributed by atoms with E-state index >= 15 is 0 Å². The lowest BCUT2D eigenvalue weighted by Gasteiger charge is -2.14. The fraction of sp³-hybridized carbons (Fsp3) is 0.190. The molecule has 4 N–H and O–H groups in total. The lowest BCUT2D eigenvalue weighted by atomic mass is 10.1. The number of carbonyl (C=O) groups is 1. The summed E-state index contributed by atoms with van der Waals surface area (Å²) in [7, 11) is 1.70. The molecule has 0 spiro atoms. The predicted octanol–water partition coefficient (Wildman–Crippen LogP) is 3.60. The van der Waals surface area contributed by atoms with E-state index in [1.807, 2.05) is 0 Å². The molecule has 3 aromatic rings. The highest BCUT2D eigenvalue weighted by Crippen LogP contribution is 2.27. The summed E-state index contributed by atoms with van der Waals surface area (Å²) in [5, 5.41) is 15.4. The number of amides is 1. The Labute approximate surface area is 179 Å². The number of hydrogen-bond donors (Lipinski definition) is 4. The molecule has 0 aliphatic carbocycles. The molecule has 2 aromatic carbocycles. The fourth-order valence-corrected chi connectivity index (χ4v) is 3.16. The first-order valence-corrected chi connectivity index (χ1v) is 9.36. The van der Waals surface area contributed by atoms with Crippen molar-refractivity contribution in [2.45, 2.75) is 12.7 Å². The van der Waals surface area contributed by atoms with Crippen LogP contribution >= 0.6 is 0 Å². The molecule has 1 amide bonds. The van der Waals surface area contributed by atoms with Gasteiger partial charge in [-0.15, -0.1) is 0 Å². The van der Waals surface area contributed by atoms with Crippen LogP contribution in [-0.4, -0.2) is 36.5 Å². The largest absolute Gasteiger partial charge is 0.405 e. The third-order valence-electron chi connectivity index (χ3n) is 4.60. The molecular formula is C21H19F4N5O2. The second-order valence-corrected chi connectivity index (χ2v) is 6.88. The summed E-state index contributed by atoms with van der Waals surface area (Å²) >= 11 is 0. The number of fused-ring (bicyclic) bond motifs is 1. The molecule has 0 radical (unpaired) electrons. The number of aromatic nitrogens is 1. The van der Waals surface area contributed by atoms with E-state index in [9.17, 15) is 27.2 Å². The molecular weight excluding hydrogens is 430 g/mol. The van der Waals surface area contributed by atoms with Gasteiger partial charge in [0.15, 0.2) is 0 Å². The molecule has 0 unspecified atom stereocenters. The van der Waals surface area contributed by atoms with Crippen molar-refractivity contribution in [3.63, 3.8) is 0 Å². The van der Waals surface area contributed by atoms with E-state index in [0.29, 0.717) is 16.9 Å². The van der Waals surface area contributed by atoms with Crippen molar-refractivity contribution in [3.05, 3.63) is 64.3 Å². The van der Waals surface area contributed by atoms with Crippen LogP contribution < -0.4 is 21.5 Å². The molecule has 7 nitrogen and oxygen atoms in total. The molecule has 11 heteroatoms. The number of benzene rings is 2. The molecule has 3 rings (SSSR count). The normalized spacial score (nSPS) is 11.3. The van der Waals surface area contributed by atoms with Crippen molar-refractivity contribution in [3.8, 4) is 0 Å². The van der Waals surface area contributed by atoms with Crippen LogP contribution in [0.15, 0.2) is 47.4 Å². The maximum atomic E-state index is 14.2. The van der Waals surface area contributed by atoms with Crippen molar-refractivity contribution < 1.29 is 22.4 Å². The first-order chi connectivity index (χ1) is 15.1. The van der Waals surface area contributed by atoms with E-state index in [0.717, 1.165) is 22.9 Å². The van der Waals surface area contributed by atoms with E-state index < -0.39 is 36.5 Å². The Morgan fingerprint density at radius 1 is 1.16 bits per heavy atom. The highest BCUT2D eigenvalue weighted by molar-refractivity contribution is 5.96. The van der Waals surface area contributed by atoms with Crippen LogP contribution in [0.2, 0.25) is 0 Å². The van der Waals surface area contributed by atoms with E-state index in [1.165, 1.54) is 12.3 Å². The Hall–Kier alpha value is -3.89. The maximum Gasteiger partial charge on any atom is 0.405 e. The van der Waals surface area contributed by atoms with Crippen molar-refractivity contribution in [2.75, 3.05) is 24.2 Å². The number of halogens is 4. The van der Waals surface area contributed by atoms with Gasteiger partial charge >= 0.3 is 6.18 Å². The van der Waals surface area contributed by atoms with Gasteiger partial charge < -0.3 is 25.9 Å². The van der Waals surface area contributed by atoms with Crippen molar-refractivity contribution >= 4 is 40.0 Å². The zero-order chi connectivity index (χ0) is 23.5. The Bertz CT molecular complexity index is 1240. The van der Waals surface area contributed by atoms with Crippen molar-refractivity contribution in [1.82, 2.24) is 9.88 Å². The average molecular weight is 449 g/mol. The van der Waals surface area contributed by atoms with Gasteiger partial charge in [0, 0.05) is 36.4 Å². The zero-order valence-electron chi connectivity index (χ0n) is 16.8. The van der Waals surface area contributed by atoms with Gasteiger partial charge in [0.2, 0.25) is 5.91 Å². The number of hydrogen-bond acceptors (Lipinski definition) is 5. The molecule has 0 fully saturated rings. The fourth-order valence-electron chi connectivity index (χ4n) is 3.16. The van der Waals surface area contributed by atoms with Crippen LogP contribution in [0.5, 0.6) is 0 Å². The monoisotopic (exact) mass is 449 g/mol. The molecule has 0 atom stereocenters. The summed E-state index contributed by atoms with van der Waals surface area (Å²) in [6.07, 6.45) is -2.22. The molecule has 168 valence electrons. The average Bonchev–Trinajstić information content (AvgIpc) is 2.73. The van der Waals surface area contributed by atoms with Gasteiger partial charge in [-0.25, -0.2) is 4.39 Å². The smallest absolute Gasteiger partial charge is 0.388 e. The van der Waals surface area contributed by atoms with Gasteiger partial charge in [-0.05, 0) is 41.8 Å². The van der Waals surface area contributed by atoms with Gasteiger partial charge in [-0.3, -0.25) is 9.59 Å². The van der Waals surface area contributed by atoms with Gasteiger partial charge in [0.05, 0.1) is 11.1 Å². The van der Waals surface area contributed by atoms with Crippen LogP contribution in [0.3, 0.4) is 0 Å². The number of alkyl halides is 3. The minimum Gasteiger partial charge on any atom is -0.388 e. The SMILES string of the molecule is CNc1ccc(Nc2cc(F)cc3ccn(CC(=O)NCC(F)(F)F)c(=O)c23)cc1C=N. The topological polar surface area (TPSA) is 99.0 Å². The quantitative estimate of drug-likeness (QED) is 0.327. The number of anilines is 3. The number of nitrogens with one attached hydrogen (secondary N) is 4. The molecule has 1 heterocycles. The third-order valence-corrected chi connectivity index (χ3v) is 4.60. The summed E-state index contributed by atoms with van der Waals surface area (Å²) in [4.78, 5) is 24.8. The minimum absolute atomic E-state index is 0.0617. The van der Waals surface area contributed by atoms with Crippen LogP contribution in [0.1, 0.15) is 5.56 Å².